The third kappa shape index (κ3) is 5.68. The maximum Gasteiger partial charge on any atom is 0.407 e. The Balaban J connectivity index is 1.77. The molecule has 1 heterocycles. The zero-order chi connectivity index (χ0) is 17.0. The number of nitrogens with zero attached hydrogens (tertiary/aromatic N) is 1. The minimum Gasteiger partial charge on any atom is -0.444 e. The molecule has 1 saturated carbocycles. The third-order valence-corrected chi connectivity index (χ3v) is 4.64. The number of rotatable bonds is 4. The molecular weight excluding hydrogens is 294 g/mol. The predicted molar refractivity (Wildman–Crippen MR) is 89.2 cm³/mol. The minimum absolute atomic E-state index is 0.234. The van der Waals surface area contributed by atoms with Gasteiger partial charge in [0.05, 0.1) is 0 Å². The lowest BCUT2D eigenvalue weighted by atomic mass is 9.99. The van der Waals surface area contributed by atoms with Gasteiger partial charge in [-0.15, -0.1) is 0 Å². The Hall–Kier alpha value is -1.30. The molecule has 0 bridgehead atoms. The van der Waals surface area contributed by atoms with Crippen LogP contribution in [0.4, 0.5) is 4.79 Å². The van der Waals surface area contributed by atoms with E-state index in [4.69, 9.17) is 4.74 Å². The van der Waals surface area contributed by atoms with Gasteiger partial charge in [0.2, 0.25) is 5.91 Å². The molecule has 1 aliphatic heterocycles. The van der Waals surface area contributed by atoms with Gasteiger partial charge in [0, 0.05) is 38.6 Å². The second-order valence-electron chi connectivity index (χ2n) is 7.86. The molecule has 0 spiro atoms. The second kappa shape index (κ2) is 7.51. The second-order valence-corrected chi connectivity index (χ2v) is 7.86. The van der Waals surface area contributed by atoms with E-state index in [-0.39, 0.29) is 12.0 Å². The number of carbonyl (C=O) groups is 2. The van der Waals surface area contributed by atoms with E-state index in [1.54, 1.807) is 0 Å². The first-order valence-electron chi connectivity index (χ1n) is 8.71. The van der Waals surface area contributed by atoms with E-state index in [9.17, 15) is 9.59 Å². The molecule has 2 rings (SSSR count). The highest BCUT2D eigenvalue weighted by molar-refractivity contribution is 5.76. The average Bonchev–Trinajstić information content (AvgIpc) is 2.86. The van der Waals surface area contributed by atoms with E-state index in [1.807, 2.05) is 32.7 Å². The summed E-state index contributed by atoms with van der Waals surface area (Å²) >= 11 is 0. The minimum atomic E-state index is -0.462. The monoisotopic (exact) mass is 325 g/mol. The standard InChI is InChI=1S/C17H31N3O3/c1-17(2,3)23-16(22)18-10-12-6-5-7-14(12)19-13-8-9-15(21)20(4)11-13/h12-14,19H,5-11H2,1-4H3,(H,18,22). The first-order valence-corrected chi connectivity index (χ1v) is 8.71. The maximum absolute atomic E-state index is 11.8. The largest absolute Gasteiger partial charge is 0.444 e. The van der Waals surface area contributed by atoms with Crippen LogP contribution in [0.1, 0.15) is 52.9 Å². The first-order chi connectivity index (χ1) is 10.7. The summed E-state index contributed by atoms with van der Waals surface area (Å²) in [6, 6.07) is 0.779. The highest BCUT2D eigenvalue weighted by Gasteiger charge is 2.32. The van der Waals surface area contributed by atoms with Crippen LogP contribution >= 0.6 is 0 Å². The van der Waals surface area contributed by atoms with Crippen LogP contribution in [0.25, 0.3) is 0 Å². The lowest BCUT2D eigenvalue weighted by Crippen LogP contribution is -2.51. The quantitative estimate of drug-likeness (QED) is 0.828. The van der Waals surface area contributed by atoms with Gasteiger partial charge in [0.25, 0.3) is 0 Å². The maximum atomic E-state index is 11.8. The Morgan fingerprint density at radius 1 is 1.30 bits per heavy atom. The van der Waals surface area contributed by atoms with Crippen LogP contribution in [0.15, 0.2) is 0 Å². The Kier molecular flexibility index (Phi) is 5.89. The summed E-state index contributed by atoms with van der Waals surface area (Å²) in [6.45, 7) is 7.03. The number of ether oxygens (including phenoxy) is 1. The summed E-state index contributed by atoms with van der Waals surface area (Å²) in [5.74, 6) is 0.670. The van der Waals surface area contributed by atoms with Crippen LogP contribution < -0.4 is 10.6 Å². The predicted octanol–water partition coefficient (Wildman–Crippen LogP) is 1.89. The molecule has 2 N–H and O–H groups in total. The molecule has 1 aliphatic carbocycles. The fraction of sp³-hybridized carbons (Fsp3) is 0.882. The zero-order valence-corrected chi connectivity index (χ0v) is 14.9. The van der Waals surface area contributed by atoms with Crippen LogP contribution in [-0.4, -0.2) is 54.7 Å². The van der Waals surface area contributed by atoms with Crippen LogP contribution in [0.5, 0.6) is 0 Å². The first kappa shape index (κ1) is 18.0. The summed E-state index contributed by atoms with van der Waals surface area (Å²) in [5.41, 5.74) is -0.462. The van der Waals surface area contributed by atoms with Gasteiger partial charge >= 0.3 is 6.09 Å². The van der Waals surface area contributed by atoms with E-state index >= 15 is 0 Å². The van der Waals surface area contributed by atoms with Crippen molar-refractivity contribution in [2.75, 3.05) is 20.1 Å². The molecule has 2 fully saturated rings. The van der Waals surface area contributed by atoms with Crippen molar-refractivity contribution in [1.82, 2.24) is 15.5 Å². The Morgan fingerprint density at radius 3 is 2.70 bits per heavy atom. The molecule has 3 unspecified atom stereocenters. The van der Waals surface area contributed by atoms with Crippen LogP contribution in [0, 0.1) is 5.92 Å². The van der Waals surface area contributed by atoms with Crippen LogP contribution in [0.2, 0.25) is 0 Å². The molecule has 0 aromatic carbocycles. The van der Waals surface area contributed by atoms with Gasteiger partial charge in [-0.25, -0.2) is 4.79 Å². The van der Waals surface area contributed by atoms with Gasteiger partial charge in [-0.1, -0.05) is 6.42 Å². The molecular formula is C17H31N3O3. The fourth-order valence-electron chi connectivity index (χ4n) is 3.48. The van der Waals surface area contributed by atoms with E-state index in [0.29, 0.717) is 31.0 Å². The number of piperidine rings is 1. The molecule has 6 heteroatoms. The molecule has 23 heavy (non-hydrogen) atoms. The Bertz CT molecular complexity index is 433. The van der Waals surface area contributed by atoms with Gasteiger partial charge in [-0.2, -0.15) is 0 Å². The fourth-order valence-corrected chi connectivity index (χ4v) is 3.48. The van der Waals surface area contributed by atoms with Crippen molar-refractivity contribution in [2.45, 2.75) is 70.6 Å². The highest BCUT2D eigenvalue weighted by Crippen LogP contribution is 2.26. The molecule has 0 radical (unpaired) electrons. The van der Waals surface area contributed by atoms with E-state index in [0.717, 1.165) is 25.8 Å². The summed E-state index contributed by atoms with van der Waals surface area (Å²) in [5, 5.41) is 6.60. The van der Waals surface area contributed by atoms with Crippen LogP contribution in [-0.2, 0) is 9.53 Å². The van der Waals surface area contributed by atoms with Crippen molar-refractivity contribution in [1.29, 1.82) is 0 Å². The van der Waals surface area contributed by atoms with Gasteiger partial charge in [0.15, 0.2) is 0 Å². The van der Waals surface area contributed by atoms with Crippen molar-refractivity contribution < 1.29 is 14.3 Å². The number of hydrogen-bond acceptors (Lipinski definition) is 4. The summed E-state index contributed by atoms with van der Waals surface area (Å²) in [4.78, 5) is 25.2. The van der Waals surface area contributed by atoms with Crippen molar-refractivity contribution in [2.24, 2.45) is 5.92 Å². The topological polar surface area (TPSA) is 70.7 Å². The van der Waals surface area contributed by atoms with E-state index in [2.05, 4.69) is 10.6 Å². The molecule has 0 aromatic heterocycles. The van der Waals surface area contributed by atoms with E-state index in [1.165, 1.54) is 6.42 Å². The normalized spacial score (nSPS) is 28.8. The molecule has 3 atom stereocenters. The smallest absolute Gasteiger partial charge is 0.407 e. The van der Waals surface area contributed by atoms with Crippen LogP contribution in [0.3, 0.4) is 0 Å². The van der Waals surface area contributed by atoms with Gasteiger partial charge in [-0.05, 0) is 46.0 Å². The van der Waals surface area contributed by atoms with Gasteiger partial charge in [-0.3, -0.25) is 4.79 Å². The number of alkyl carbamates (subject to hydrolysis) is 1. The lowest BCUT2D eigenvalue weighted by Gasteiger charge is -2.34. The van der Waals surface area contributed by atoms with Gasteiger partial charge in [0.1, 0.15) is 5.60 Å². The summed E-state index contributed by atoms with van der Waals surface area (Å²) < 4.78 is 5.29. The molecule has 2 aliphatic rings. The number of carbonyl (C=O) groups excluding carboxylic acids is 2. The number of hydrogen-bond donors (Lipinski definition) is 2. The van der Waals surface area contributed by atoms with Gasteiger partial charge < -0.3 is 20.3 Å². The molecule has 2 amide bonds. The van der Waals surface area contributed by atoms with E-state index < -0.39 is 5.60 Å². The molecule has 132 valence electrons. The average molecular weight is 325 g/mol. The number of likely N-dealkylation sites (N-methyl/N-ethyl adjacent to an activating group) is 1. The summed E-state index contributed by atoms with van der Waals surface area (Å²) in [6.07, 6.45) is 4.63. The lowest BCUT2D eigenvalue weighted by molar-refractivity contribution is -0.132. The molecule has 0 aromatic rings. The Labute approximate surface area is 139 Å². The number of amides is 2. The summed E-state index contributed by atoms with van der Waals surface area (Å²) in [7, 11) is 1.87. The highest BCUT2D eigenvalue weighted by atomic mass is 16.6. The number of likely N-dealkylation sites (tertiary alicyclic amines) is 1. The molecule has 1 saturated heterocycles. The molecule has 6 nitrogen and oxygen atoms in total. The SMILES string of the molecule is CN1CC(NC2CCCC2CNC(=O)OC(C)(C)C)CCC1=O. The third-order valence-electron chi connectivity index (χ3n) is 4.64. The Morgan fingerprint density at radius 2 is 2.04 bits per heavy atom. The van der Waals surface area contributed by atoms with Crippen molar-refractivity contribution in [3.63, 3.8) is 0 Å². The number of nitrogens with one attached hydrogen (secondary N) is 2. The van der Waals surface area contributed by atoms with Crippen molar-refractivity contribution in [3.05, 3.63) is 0 Å². The van der Waals surface area contributed by atoms with Crippen molar-refractivity contribution >= 4 is 12.0 Å². The zero-order valence-electron chi connectivity index (χ0n) is 14.9. The van der Waals surface area contributed by atoms with Crippen molar-refractivity contribution in [3.8, 4) is 0 Å².